The number of sulfonamides is 1. The lowest BCUT2D eigenvalue weighted by atomic mass is 9.93. The Morgan fingerprint density at radius 1 is 1.17 bits per heavy atom. The number of allylic oxidation sites excluding steroid dienone is 2. The number of aliphatic hydroxyl groups excluding tert-OH is 1. The van der Waals surface area contributed by atoms with E-state index in [0.717, 1.165) is 5.56 Å². The van der Waals surface area contributed by atoms with E-state index in [9.17, 15) is 18.3 Å². The van der Waals surface area contributed by atoms with Crippen molar-refractivity contribution in [1.82, 2.24) is 9.21 Å². The van der Waals surface area contributed by atoms with Crippen LogP contribution in [0.3, 0.4) is 0 Å². The molecule has 1 aromatic rings. The van der Waals surface area contributed by atoms with Crippen LogP contribution >= 0.6 is 0 Å². The quantitative estimate of drug-likeness (QED) is 0.439. The Morgan fingerprint density at radius 3 is 2.37 bits per heavy atom. The van der Waals surface area contributed by atoms with Crippen molar-refractivity contribution in [3.8, 4) is 0 Å². The largest absolute Gasteiger partial charge is 0.384 e. The molecule has 1 heterocycles. The Hall–Kier alpha value is -2.14. The van der Waals surface area contributed by atoms with Gasteiger partial charge in [0.2, 0.25) is 10.0 Å². The lowest BCUT2D eigenvalue weighted by Gasteiger charge is -2.34. The molecule has 5 N–H and O–H groups in total. The minimum Gasteiger partial charge on any atom is -0.384 e. The van der Waals surface area contributed by atoms with Gasteiger partial charge in [0.25, 0.3) is 0 Å². The van der Waals surface area contributed by atoms with Gasteiger partial charge in [0, 0.05) is 44.7 Å². The van der Waals surface area contributed by atoms with Crippen molar-refractivity contribution in [2.45, 2.75) is 24.3 Å². The summed E-state index contributed by atoms with van der Waals surface area (Å²) in [6.45, 7) is 8.15. The summed E-state index contributed by atoms with van der Waals surface area (Å²) in [5.41, 5.74) is 1.90. The maximum atomic E-state index is 12.7. The predicted molar refractivity (Wildman–Crippen MR) is 117 cm³/mol. The highest BCUT2D eigenvalue weighted by atomic mass is 32.2. The summed E-state index contributed by atoms with van der Waals surface area (Å²) < 4.78 is 27.0. The van der Waals surface area contributed by atoms with Gasteiger partial charge in [-0.1, -0.05) is 42.5 Å². The van der Waals surface area contributed by atoms with Crippen molar-refractivity contribution < 1.29 is 18.3 Å². The van der Waals surface area contributed by atoms with Crippen molar-refractivity contribution in [1.29, 1.82) is 0 Å². The van der Waals surface area contributed by atoms with Crippen LogP contribution in [0, 0.1) is 6.92 Å². The molecular weight excluding hydrogens is 404 g/mol. The number of piperazine rings is 1. The predicted octanol–water partition coefficient (Wildman–Crippen LogP) is 0.493. The number of nitrogens with zero attached hydrogens (tertiary/aromatic N) is 2. The molecule has 164 valence electrons. The fourth-order valence-corrected chi connectivity index (χ4v) is 4.78. The zero-order valence-electron chi connectivity index (χ0n) is 17.2. The molecule has 0 radical (unpaired) electrons. The molecule has 1 unspecified atom stereocenters. The Morgan fingerprint density at radius 2 is 1.77 bits per heavy atom. The number of rotatable bonds is 6. The molecule has 0 saturated carbocycles. The number of aliphatic hydroxyl groups is 1. The molecule has 3 rings (SSSR count). The molecule has 1 aliphatic heterocycles. The summed E-state index contributed by atoms with van der Waals surface area (Å²) in [6, 6.07) is 6.88. The molecule has 0 amide bonds. The zero-order valence-corrected chi connectivity index (χ0v) is 18.0. The third-order valence-electron chi connectivity index (χ3n) is 5.20. The van der Waals surface area contributed by atoms with Crippen molar-refractivity contribution >= 4 is 15.8 Å². The molecule has 0 spiro atoms. The van der Waals surface area contributed by atoms with Crippen LogP contribution in [0.4, 0.5) is 0 Å². The molecule has 2 aliphatic rings. The van der Waals surface area contributed by atoms with E-state index in [0.29, 0.717) is 48.8 Å². The van der Waals surface area contributed by atoms with Crippen LogP contribution in [-0.2, 0) is 14.8 Å². The third-order valence-corrected chi connectivity index (χ3v) is 7.11. The molecule has 1 fully saturated rings. The number of hydrogen-bond acceptors (Lipinski definition) is 7. The van der Waals surface area contributed by atoms with E-state index in [1.807, 2.05) is 6.92 Å². The maximum Gasteiger partial charge on any atom is 0.243 e. The fourth-order valence-electron chi connectivity index (χ4n) is 3.36. The van der Waals surface area contributed by atoms with E-state index >= 15 is 0 Å². The van der Waals surface area contributed by atoms with E-state index in [4.69, 9.17) is 0 Å². The van der Waals surface area contributed by atoms with Gasteiger partial charge in [-0.3, -0.25) is 16.5 Å². The van der Waals surface area contributed by atoms with Crippen LogP contribution in [0.5, 0.6) is 0 Å². The second kappa shape index (κ2) is 10.8. The van der Waals surface area contributed by atoms with Gasteiger partial charge in [0.1, 0.15) is 6.10 Å². The van der Waals surface area contributed by atoms with E-state index in [2.05, 4.69) is 23.2 Å². The summed E-state index contributed by atoms with van der Waals surface area (Å²) in [7, 11) is -3.48. The number of carbonyl (C=O) groups excluding carboxylic acids is 1. The van der Waals surface area contributed by atoms with Crippen LogP contribution in [0.15, 0.2) is 65.1 Å². The van der Waals surface area contributed by atoms with Crippen LogP contribution in [-0.4, -0.2) is 67.3 Å². The molecule has 1 saturated heterocycles. The molecular formula is C21H30N4O4S. The van der Waals surface area contributed by atoms with Gasteiger partial charge < -0.3 is 10.0 Å². The first-order valence-electron chi connectivity index (χ1n) is 9.70. The first-order valence-corrected chi connectivity index (χ1v) is 11.1. The number of benzene rings is 1. The Labute approximate surface area is 178 Å². The molecule has 1 atom stereocenters. The Kier molecular flexibility index (Phi) is 8.65. The monoisotopic (exact) mass is 434 g/mol. The Balaban J connectivity index is 0.00000155. The molecule has 1 aliphatic carbocycles. The number of aryl methyl sites for hydroxylation is 1. The van der Waals surface area contributed by atoms with Crippen LogP contribution in [0.25, 0.3) is 0 Å². The van der Waals surface area contributed by atoms with Gasteiger partial charge in [-0.25, -0.2) is 8.42 Å². The van der Waals surface area contributed by atoms with Gasteiger partial charge in [-0.05, 0) is 24.6 Å². The smallest absolute Gasteiger partial charge is 0.243 e. The number of hydrogen-bond donors (Lipinski definition) is 3. The highest BCUT2D eigenvalue weighted by molar-refractivity contribution is 7.89. The molecule has 8 nitrogen and oxygen atoms in total. The summed E-state index contributed by atoms with van der Waals surface area (Å²) in [6.07, 6.45) is 4.39. The van der Waals surface area contributed by atoms with Gasteiger partial charge in [0.05, 0.1) is 4.90 Å². The summed E-state index contributed by atoms with van der Waals surface area (Å²) >= 11 is 0. The SMILES string of the molecule is C=C1C=CC=C(C(=O)CCN2CCN(S(=O)(=O)c3ccc(C)cc3)CC2)C1O.NN. The second-order valence-corrected chi connectivity index (χ2v) is 9.13. The van der Waals surface area contributed by atoms with Crippen LogP contribution < -0.4 is 11.7 Å². The minimum atomic E-state index is -3.48. The van der Waals surface area contributed by atoms with Crippen molar-refractivity contribution in [2.24, 2.45) is 11.7 Å². The van der Waals surface area contributed by atoms with Gasteiger partial charge in [0.15, 0.2) is 5.78 Å². The lowest BCUT2D eigenvalue weighted by Crippen LogP contribution is -2.49. The lowest BCUT2D eigenvalue weighted by molar-refractivity contribution is -0.116. The molecule has 0 bridgehead atoms. The highest BCUT2D eigenvalue weighted by Gasteiger charge is 2.29. The van der Waals surface area contributed by atoms with Crippen LogP contribution in [0.2, 0.25) is 0 Å². The third kappa shape index (κ3) is 5.72. The van der Waals surface area contributed by atoms with Crippen molar-refractivity contribution in [3.05, 3.63) is 65.8 Å². The maximum absolute atomic E-state index is 12.7. The first kappa shape index (κ1) is 24.1. The van der Waals surface area contributed by atoms with Gasteiger partial charge >= 0.3 is 0 Å². The zero-order chi connectivity index (χ0) is 22.3. The molecule has 0 aromatic heterocycles. The highest BCUT2D eigenvalue weighted by Crippen LogP contribution is 2.21. The molecule has 1 aromatic carbocycles. The summed E-state index contributed by atoms with van der Waals surface area (Å²) in [5, 5.41) is 10.1. The average Bonchev–Trinajstić information content (AvgIpc) is 2.76. The standard InChI is InChI=1S/C21H26N2O4S.H4N2/c1-16-6-8-18(9-7-16)28(26,27)23-14-12-22(13-15-23)11-10-20(24)19-5-3-4-17(2)21(19)25;1-2/h3-9,21,25H,2,10-15H2,1H3;1-2H2. The van der Waals surface area contributed by atoms with Crippen LogP contribution in [0.1, 0.15) is 12.0 Å². The topological polar surface area (TPSA) is 130 Å². The number of carbonyl (C=O) groups is 1. The van der Waals surface area contributed by atoms with Crippen molar-refractivity contribution in [2.75, 3.05) is 32.7 Å². The minimum absolute atomic E-state index is 0.104. The number of nitrogens with two attached hydrogens (primary N) is 2. The summed E-state index contributed by atoms with van der Waals surface area (Å²) in [5.74, 6) is 7.90. The van der Waals surface area contributed by atoms with Gasteiger partial charge in [-0.15, -0.1) is 0 Å². The Bertz CT molecular complexity index is 915. The number of Topliss-reactive ketones (excluding diaryl/α,β-unsaturated/α-hetero) is 1. The number of hydrazine groups is 1. The van der Waals surface area contributed by atoms with E-state index in [1.54, 1.807) is 42.5 Å². The molecule has 9 heteroatoms. The van der Waals surface area contributed by atoms with E-state index < -0.39 is 16.1 Å². The van der Waals surface area contributed by atoms with Crippen molar-refractivity contribution in [3.63, 3.8) is 0 Å². The van der Waals surface area contributed by atoms with Gasteiger partial charge in [-0.2, -0.15) is 4.31 Å². The second-order valence-electron chi connectivity index (χ2n) is 7.19. The normalized spacial score (nSPS) is 20.3. The van der Waals surface area contributed by atoms with E-state index in [1.165, 1.54) is 4.31 Å². The first-order chi connectivity index (χ1) is 14.3. The fraction of sp³-hybridized carbons (Fsp3) is 0.381. The van der Waals surface area contributed by atoms with E-state index in [-0.39, 0.29) is 12.2 Å². The summed E-state index contributed by atoms with van der Waals surface area (Å²) in [4.78, 5) is 14.8. The number of ketones is 1. The average molecular weight is 435 g/mol. The molecule has 30 heavy (non-hydrogen) atoms.